The fourth-order valence-corrected chi connectivity index (χ4v) is 5.14. The minimum absolute atomic E-state index is 0.743. The second-order valence-corrected chi connectivity index (χ2v) is 8.91. The molecule has 1 aromatic heterocycles. The van der Waals surface area contributed by atoms with Crippen molar-refractivity contribution in [2.24, 2.45) is 0 Å². The summed E-state index contributed by atoms with van der Waals surface area (Å²) in [6, 6.07) is 40.3. The first kappa shape index (κ1) is 19.7. The fourth-order valence-electron chi connectivity index (χ4n) is 3.73. The number of nitrogens with zero attached hydrogens (tertiary/aromatic N) is 1. The van der Waals surface area contributed by atoms with Gasteiger partial charge in [0.05, 0.1) is 4.88 Å². The Morgan fingerprint density at radius 1 is 0.677 bits per heavy atom. The maximum Gasteiger partial charge on any atom is 0.124 e. The highest BCUT2D eigenvalue weighted by molar-refractivity contribution is 7.81. The van der Waals surface area contributed by atoms with Gasteiger partial charge in [0.1, 0.15) is 4.99 Å². The second-order valence-electron chi connectivity index (χ2n) is 7.44. The number of rotatable bonds is 5. The smallest absolute Gasteiger partial charge is 0.124 e. The lowest BCUT2D eigenvalue weighted by Crippen LogP contribution is -2.28. The van der Waals surface area contributed by atoms with Crippen molar-refractivity contribution in [2.75, 3.05) is 4.90 Å². The van der Waals surface area contributed by atoms with Crippen LogP contribution in [0.2, 0.25) is 0 Å². The summed E-state index contributed by atoms with van der Waals surface area (Å²) in [5.41, 5.74) is 4.81. The lowest BCUT2D eigenvalue weighted by molar-refractivity contribution is 1.02. The van der Waals surface area contributed by atoms with Crippen LogP contribution < -0.4 is 4.90 Å². The van der Waals surface area contributed by atoms with E-state index in [2.05, 4.69) is 108 Å². The average Bonchev–Trinajstić information content (AvgIpc) is 3.27. The van der Waals surface area contributed by atoms with Gasteiger partial charge in [0.15, 0.2) is 0 Å². The number of thiocarbonyl (C=S) groups is 1. The number of anilines is 1. The molecule has 0 saturated carbocycles. The molecule has 0 spiro atoms. The molecule has 0 atom stereocenters. The van der Waals surface area contributed by atoms with Crippen molar-refractivity contribution in [3.05, 3.63) is 126 Å². The van der Waals surface area contributed by atoms with Crippen molar-refractivity contribution >= 4 is 44.3 Å². The summed E-state index contributed by atoms with van der Waals surface area (Å²) in [7, 11) is 0. The van der Waals surface area contributed by atoms with E-state index >= 15 is 0 Å². The normalized spacial score (nSPS) is 10.8. The Hall–Kier alpha value is -3.27. The van der Waals surface area contributed by atoms with Crippen LogP contribution >= 0.6 is 23.6 Å². The summed E-state index contributed by atoms with van der Waals surface area (Å²) in [4.78, 5) is 4.21. The highest BCUT2D eigenvalue weighted by Gasteiger charge is 2.17. The van der Waals surface area contributed by atoms with Crippen molar-refractivity contribution in [3.8, 4) is 11.1 Å². The third kappa shape index (κ3) is 4.29. The van der Waals surface area contributed by atoms with E-state index in [0.29, 0.717) is 0 Å². The van der Waals surface area contributed by atoms with Gasteiger partial charge in [-0.1, -0.05) is 103 Å². The van der Waals surface area contributed by atoms with E-state index in [4.69, 9.17) is 12.2 Å². The zero-order chi connectivity index (χ0) is 21.0. The molecule has 0 fully saturated rings. The number of benzene rings is 4. The molecule has 0 saturated heterocycles. The monoisotopic (exact) mass is 435 g/mol. The SMILES string of the molecule is S=C(c1cc2ccc(-c3ccccc3)cc2s1)N(Cc1ccccc1)c1ccccc1. The molecule has 0 aliphatic carbocycles. The van der Waals surface area contributed by atoms with E-state index < -0.39 is 0 Å². The second kappa shape index (κ2) is 8.84. The van der Waals surface area contributed by atoms with Crippen LogP contribution in [-0.2, 0) is 6.54 Å². The van der Waals surface area contributed by atoms with E-state index in [1.165, 1.54) is 26.8 Å². The molecule has 0 aliphatic heterocycles. The average molecular weight is 436 g/mol. The molecular weight excluding hydrogens is 414 g/mol. The van der Waals surface area contributed by atoms with Crippen LogP contribution in [0.3, 0.4) is 0 Å². The van der Waals surface area contributed by atoms with E-state index in [-0.39, 0.29) is 0 Å². The molecule has 150 valence electrons. The van der Waals surface area contributed by atoms with Gasteiger partial charge in [0, 0.05) is 16.9 Å². The summed E-state index contributed by atoms with van der Waals surface area (Å²) in [5, 5.41) is 1.23. The van der Waals surface area contributed by atoms with E-state index in [0.717, 1.165) is 22.1 Å². The molecule has 0 bridgehead atoms. The molecule has 1 heterocycles. The summed E-state index contributed by atoms with van der Waals surface area (Å²) in [5.74, 6) is 0. The van der Waals surface area contributed by atoms with E-state index in [1.807, 2.05) is 12.1 Å². The number of para-hydroxylation sites is 1. The van der Waals surface area contributed by atoms with E-state index in [9.17, 15) is 0 Å². The lowest BCUT2D eigenvalue weighted by atomic mass is 10.1. The third-order valence-electron chi connectivity index (χ3n) is 5.33. The maximum atomic E-state index is 6.03. The van der Waals surface area contributed by atoms with Gasteiger partial charge in [-0.25, -0.2) is 0 Å². The Balaban J connectivity index is 1.51. The van der Waals surface area contributed by atoms with Gasteiger partial charge in [-0.15, -0.1) is 11.3 Å². The Kier molecular flexibility index (Phi) is 5.61. The Morgan fingerprint density at radius 2 is 1.32 bits per heavy atom. The molecule has 4 aromatic carbocycles. The highest BCUT2D eigenvalue weighted by Crippen LogP contribution is 2.32. The van der Waals surface area contributed by atoms with Gasteiger partial charge in [-0.05, 0) is 46.3 Å². The molecule has 0 aliphatic rings. The van der Waals surface area contributed by atoms with Crippen molar-refractivity contribution in [2.45, 2.75) is 6.54 Å². The number of fused-ring (bicyclic) bond motifs is 1. The van der Waals surface area contributed by atoms with Crippen LogP contribution in [-0.4, -0.2) is 4.99 Å². The zero-order valence-electron chi connectivity index (χ0n) is 16.9. The summed E-state index contributed by atoms with van der Waals surface area (Å²) >= 11 is 7.79. The van der Waals surface area contributed by atoms with Crippen LogP contribution in [0.5, 0.6) is 0 Å². The van der Waals surface area contributed by atoms with Crippen molar-refractivity contribution in [3.63, 3.8) is 0 Å². The molecular formula is C28H21NS2. The Bertz CT molecular complexity index is 1310. The molecule has 5 rings (SSSR count). The lowest BCUT2D eigenvalue weighted by Gasteiger charge is -2.25. The topological polar surface area (TPSA) is 3.24 Å². The van der Waals surface area contributed by atoms with Crippen LogP contribution in [0.1, 0.15) is 10.4 Å². The molecule has 3 heteroatoms. The van der Waals surface area contributed by atoms with Crippen LogP contribution in [0.15, 0.2) is 115 Å². The molecule has 0 unspecified atom stereocenters. The number of hydrogen-bond acceptors (Lipinski definition) is 2. The highest BCUT2D eigenvalue weighted by atomic mass is 32.1. The van der Waals surface area contributed by atoms with Crippen molar-refractivity contribution < 1.29 is 0 Å². The third-order valence-corrected chi connectivity index (χ3v) is 7.01. The minimum atomic E-state index is 0.743. The van der Waals surface area contributed by atoms with Gasteiger partial charge >= 0.3 is 0 Å². The van der Waals surface area contributed by atoms with Crippen LogP contribution in [0, 0.1) is 0 Å². The Labute approximate surface area is 192 Å². The molecule has 0 radical (unpaired) electrons. The molecule has 0 N–H and O–H groups in total. The minimum Gasteiger partial charge on any atom is -0.327 e. The first-order valence-corrected chi connectivity index (χ1v) is 11.5. The summed E-state index contributed by atoms with van der Waals surface area (Å²) in [6.45, 7) is 0.743. The molecule has 5 aromatic rings. The van der Waals surface area contributed by atoms with Crippen LogP contribution in [0.4, 0.5) is 5.69 Å². The number of hydrogen-bond donors (Lipinski definition) is 0. The maximum absolute atomic E-state index is 6.03. The molecule has 0 amide bonds. The number of thiophene rings is 1. The van der Waals surface area contributed by atoms with E-state index in [1.54, 1.807) is 11.3 Å². The quantitative estimate of drug-likeness (QED) is 0.258. The van der Waals surface area contributed by atoms with Gasteiger partial charge in [-0.2, -0.15) is 0 Å². The van der Waals surface area contributed by atoms with Crippen LogP contribution in [0.25, 0.3) is 21.2 Å². The van der Waals surface area contributed by atoms with Gasteiger partial charge in [0.2, 0.25) is 0 Å². The van der Waals surface area contributed by atoms with Gasteiger partial charge in [-0.3, -0.25) is 0 Å². The first-order valence-electron chi connectivity index (χ1n) is 10.3. The predicted molar refractivity (Wildman–Crippen MR) is 138 cm³/mol. The first-order chi connectivity index (χ1) is 15.3. The fraction of sp³-hybridized carbons (Fsp3) is 0.0357. The zero-order valence-corrected chi connectivity index (χ0v) is 18.6. The standard InChI is InChI=1S/C28H21NS2/c30-28(29(25-14-8-3-9-15-25)20-21-10-4-1-5-11-21)27-19-24-17-16-23(18-26(24)31-27)22-12-6-2-7-13-22/h1-19H,20H2. The molecule has 1 nitrogen and oxygen atoms in total. The van der Waals surface area contributed by atoms with Crippen molar-refractivity contribution in [1.29, 1.82) is 0 Å². The summed E-state index contributed by atoms with van der Waals surface area (Å²) < 4.78 is 1.26. The largest absolute Gasteiger partial charge is 0.327 e. The van der Waals surface area contributed by atoms with Gasteiger partial charge in [0.25, 0.3) is 0 Å². The van der Waals surface area contributed by atoms with Gasteiger partial charge < -0.3 is 4.90 Å². The summed E-state index contributed by atoms with van der Waals surface area (Å²) in [6.07, 6.45) is 0. The Morgan fingerprint density at radius 3 is 2.03 bits per heavy atom. The van der Waals surface area contributed by atoms with Crippen molar-refractivity contribution in [1.82, 2.24) is 0 Å². The predicted octanol–water partition coefficient (Wildman–Crippen LogP) is 7.95. The molecule has 31 heavy (non-hydrogen) atoms.